The molecule has 0 unspecified atom stereocenters. The number of hydrogen-bond donors (Lipinski definition) is 1. The normalized spacial score (nSPS) is 10.6. The van der Waals surface area contributed by atoms with Gasteiger partial charge < -0.3 is 10.1 Å². The molecule has 5 heteroatoms. The molecule has 1 heterocycles. The van der Waals surface area contributed by atoms with Crippen molar-refractivity contribution >= 4 is 22.4 Å². The summed E-state index contributed by atoms with van der Waals surface area (Å²) in [7, 11) is 1.60. The number of anilines is 1. The Balaban J connectivity index is 2.01. The Bertz CT molecular complexity index is 593. The molecule has 0 fully saturated rings. The van der Waals surface area contributed by atoms with E-state index in [0.717, 1.165) is 17.0 Å². The molecule has 4 nitrogen and oxygen atoms in total. The first-order chi connectivity index (χ1) is 9.60. The molecule has 20 heavy (non-hydrogen) atoms. The lowest BCUT2D eigenvalue weighted by atomic mass is 10.1. The molecule has 1 aromatic carbocycles. The number of amides is 1. The largest absolute Gasteiger partial charge is 0.496 e. The lowest BCUT2D eigenvalue weighted by molar-refractivity contribution is -0.115. The molecule has 0 saturated heterocycles. The zero-order valence-electron chi connectivity index (χ0n) is 11.8. The van der Waals surface area contributed by atoms with Crippen LogP contribution in [0.3, 0.4) is 0 Å². The molecule has 2 rings (SSSR count). The van der Waals surface area contributed by atoms with Crippen LogP contribution in [0.2, 0.25) is 0 Å². The first-order valence-electron chi connectivity index (χ1n) is 6.47. The summed E-state index contributed by atoms with van der Waals surface area (Å²) >= 11 is 1.45. The smallest absolute Gasteiger partial charge is 0.230 e. The Morgan fingerprint density at radius 3 is 2.80 bits per heavy atom. The van der Waals surface area contributed by atoms with Crippen LogP contribution in [0.15, 0.2) is 29.6 Å². The van der Waals surface area contributed by atoms with Crippen LogP contribution in [0.1, 0.15) is 31.0 Å². The second kappa shape index (κ2) is 6.52. The van der Waals surface area contributed by atoms with E-state index < -0.39 is 0 Å². The first kappa shape index (κ1) is 14.5. The molecule has 106 valence electrons. The van der Waals surface area contributed by atoms with Crippen molar-refractivity contribution in [3.63, 3.8) is 0 Å². The van der Waals surface area contributed by atoms with Crippen LogP contribution >= 0.6 is 11.3 Å². The molecule has 0 atom stereocenters. The van der Waals surface area contributed by atoms with Crippen LogP contribution < -0.4 is 10.1 Å². The Morgan fingerprint density at radius 1 is 1.40 bits per heavy atom. The van der Waals surface area contributed by atoms with Gasteiger partial charge in [0.25, 0.3) is 0 Å². The van der Waals surface area contributed by atoms with E-state index in [2.05, 4.69) is 24.1 Å². The van der Waals surface area contributed by atoms with Gasteiger partial charge in [-0.25, -0.2) is 4.98 Å². The molecule has 0 radical (unpaired) electrons. The number of ether oxygens (including phenoxy) is 1. The second-order valence-corrected chi connectivity index (χ2v) is 5.63. The summed E-state index contributed by atoms with van der Waals surface area (Å²) in [6, 6.07) is 7.52. The fourth-order valence-corrected chi connectivity index (χ4v) is 2.68. The molecular weight excluding hydrogens is 272 g/mol. The number of methoxy groups -OCH3 is 1. The predicted octanol–water partition coefficient (Wildman–Crippen LogP) is 3.46. The van der Waals surface area contributed by atoms with Gasteiger partial charge in [-0.3, -0.25) is 4.79 Å². The molecule has 1 amide bonds. The lowest BCUT2D eigenvalue weighted by Crippen LogP contribution is -2.14. The van der Waals surface area contributed by atoms with Crippen molar-refractivity contribution in [2.24, 2.45) is 0 Å². The van der Waals surface area contributed by atoms with E-state index in [1.54, 1.807) is 7.11 Å². The third kappa shape index (κ3) is 3.57. The predicted molar refractivity (Wildman–Crippen MR) is 81.5 cm³/mol. The quantitative estimate of drug-likeness (QED) is 0.917. The van der Waals surface area contributed by atoms with Crippen LogP contribution in [-0.2, 0) is 11.2 Å². The zero-order chi connectivity index (χ0) is 14.5. The van der Waals surface area contributed by atoms with E-state index in [9.17, 15) is 4.79 Å². The fourth-order valence-electron chi connectivity index (χ4n) is 1.79. The van der Waals surface area contributed by atoms with Crippen LogP contribution in [-0.4, -0.2) is 18.0 Å². The molecule has 0 spiro atoms. The van der Waals surface area contributed by atoms with Gasteiger partial charge in [0, 0.05) is 10.9 Å². The van der Waals surface area contributed by atoms with Crippen LogP contribution in [0.25, 0.3) is 0 Å². The van der Waals surface area contributed by atoms with Gasteiger partial charge in [0.1, 0.15) is 5.75 Å². The number of carbonyl (C=O) groups excluding carboxylic acids is 1. The number of nitrogens with one attached hydrogen (secondary N) is 1. The monoisotopic (exact) mass is 290 g/mol. The number of hydrogen-bond acceptors (Lipinski definition) is 4. The van der Waals surface area contributed by atoms with E-state index >= 15 is 0 Å². The van der Waals surface area contributed by atoms with Crippen molar-refractivity contribution in [2.75, 3.05) is 12.4 Å². The molecule has 2 aromatic rings. The van der Waals surface area contributed by atoms with E-state index in [4.69, 9.17) is 4.74 Å². The minimum Gasteiger partial charge on any atom is -0.496 e. The van der Waals surface area contributed by atoms with Crippen LogP contribution in [0.5, 0.6) is 5.75 Å². The summed E-state index contributed by atoms with van der Waals surface area (Å²) in [5, 5.41) is 5.45. The average molecular weight is 290 g/mol. The Labute approximate surface area is 122 Å². The van der Waals surface area contributed by atoms with Gasteiger partial charge in [-0.1, -0.05) is 32.0 Å². The maximum Gasteiger partial charge on any atom is 0.230 e. The summed E-state index contributed by atoms with van der Waals surface area (Å²) < 4.78 is 5.24. The molecule has 0 aliphatic carbocycles. The van der Waals surface area contributed by atoms with Crippen LogP contribution in [0, 0.1) is 0 Å². The second-order valence-electron chi connectivity index (χ2n) is 4.77. The minimum atomic E-state index is -0.0841. The van der Waals surface area contributed by atoms with Crippen molar-refractivity contribution in [1.29, 1.82) is 0 Å². The number of aromatic nitrogens is 1. The van der Waals surface area contributed by atoms with Crippen molar-refractivity contribution < 1.29 is 9.53 Å². The highest BCUT2D eigenvalue weighted by Crippen LogP contribution is 2.22. The standard InChI is InChI=1S/C15H18N2O2S/c1-10(2)12-9-20-15(16-12)17-14(18)8-11-6-4-5-7-13(11)19-3/h4-7,9-10H,8H2,1-3H3,(H,16,17,18). The van der Waals surface area contributed by atoms with E-state index in [0.29, 0.717) is 11.0 Å². The number of rotatable bonds is 5. The van der Waals surface area contributed by atoms with E-state index in [1.165, 1.54) is 11.3 Å². The highest BCUT2D eigenvalue weighted by molar-refractivity contribution is 7.13. The number of thiazole rings is 1. The molecule has 1 aromatic heterocycles. The highest BCUT2D eigenvalue weighted by Gasteiger charge is 2.11. The zero-order valence-corrected chi connectivity index (χ0v) is 12.7. The van der Waals surface area contributed by atoms with Gasteiger partial charge in [0.15, 0.2) is 5.13 Å². The molecule has 0 aliphatic heterocycles. The number of para-hydroxylation sites is 1. The number of benzene rings is 1. The Hall–Kier alpha value is -1.88. The summed E-state index contributed by atoms with van der Waals surface area (Å²) in [6.45, 7) is 4.16. The summed E-state index contributed by atoms with van der Waals surface area (Å²) in [5.41, 5.74) is 1.87. The van der Waals surface area contributed by atoms with Crippen LogP contribution in [0.4, 0.5) is 5.13 Å². The van der Waals surface area contributed by atoms with Crippen molar-refractivity contribution in [2.45, 2.75) is 26.2 Å². The maximum atomic E-state index is 12.0. The van der Waals surface area contributed by atoms with Gasteiger partial charge in [-0.2, -0.15) is 0 Å². The SMILES string of the molecule is COc1ccccc1CC(=O)Nc1nc(C(C)C)cs1. The Kier molecular flexibility index (Phi) is 4.74. The first-order valence-corrected chi connectivity index (χ1v) is 7.35. The van der Waals surface area contributed by atoms with E-state index in [-0.39, 0.29) is 12.3 Å². The highest BCUT2D eigenvalue weighted by atomic mass is 32.1. The molecular formula is C15H18N2O2S. The summed E-state index contributed by atoms with van der Waals surface area (Å²) in [6.07, 6.45) is 0.278. The maximum absolute atomic E-state index is 12.0. The molecule has 0 saturated carbocycles. The fraction of sp³-hybridized carbons (Fsp3) is 0.333. The number of nitrogens with zero attached hydrogens (tertiary/aromatic N) is 1. The van der Waals surface area contributed by atoms with Gasteiger partial charge in [-0.15, -0.1) is 11.3 Å². The summed E-state index contributed by atoms with van der Waals surface area (Å²) in [4.78, 5) is 16.4. The van der Waals surface area contributed by atoms with Gasteiger partial charge in [0.2, 0.25) is 5.91 Å². The lowest BCUT2D eigenvalue weighted by Gasteiger charge is -2.07. The van der Waals surface area contributed by atoms with E-state index in [1.807, 2.05) is 29.6 Å². The average Bonchev–Trinajstić information content (AvgIpc) is 2.88. The Morgan fingerprint density at radius 2 is 2.15 bits per heavy atom. The molecule has 0 aliphatic rings. The van der Waals surface area contributed by atoms with Crippen molar-refractivity contribution in [1.82, 2.24) is 4.98 Å². The summed E-state index contributed by atoms with van der Waals surface area (Å²) in [5.74, 6) is 1.01. The van der Waals surface area contributed by atoms with Gasteiger partial charge >= 0.3 is 0 Å². The minimum absolute atomic E-state index is 0.0841. The third-order valence-electron chi connectivity index (χ3n) is 2.90. The van der Waals surface area contributed by atoms with Gasteiger partial charge in [-0.05, 0) is 12.0 Å². The third-order valence-corrected chi connectivity index (χ3v) is 3.68. The number of carbonyl (C=O) groups is 1. The van der Waals surface area contributed by atoms with Crippen molar-refractivity contribution in [3.8, 4) is 5.75 Å². The van der Waals surface area contributed by atoms with Gasteiger partial charge in [0.05, 0.1) is 19.2 Å². The topological polar surface area (TPSA) is 51.2 Å². The molecule has 1 N–H and O–H groups in total. The molecule has 0 bridgehead atoms. The van der Waals surface area contributed by atoms with Crippen molar-refractivity contribution in [3.05, 3.63) is 40.9 Å².